The first-order chi connectivity index (χ1) is 8.85. The van der Waals surface area contributed by atoms with Gasteiger partial charge in [0.1, 0.15) is 0 Å². The van der Waals surface area contributed by atoms with Crippen LogP contribution in [0.2, 0.25) is 0 Å². The molecule has 18 heavy (non-hydrogen) atoms. The van der Waals surface area contributed by atoms with Crippen molar-refractivity contribution in [1.82, 2.24) is 5.32 Å². The van der Waals surface area contributed by atoms with E-state index in [1.165, 1.54) is 28.5 Å². The topological polar surface area (TPSA) is 12.0 Å². The zero-order chi connectivity index (χ0) is 12.8. The number of benzene rings is 2. The van der Waals surface area contributed by atoms with Gasteiger partial charge in [0.25, 0.3) is 0 Å². The van der Waals surface area contributed by atoms with Crippen molar-refractivity contribution >= 4 is 22.5 Å². The summed E-state index contributed by atoms with van der Waals surface area (Å²) in [6.07, 6.45) is 4.50. The van der Waals surface area contributed by atoms with Gasteiger partial charge in [-0.05, 0) is 48.2 Å². The highest BCUT2D eigenvalue weighted by Gasteiger charge is 2.08. The first-order valence-corrected chi connectivity index (χ1v) is 7.87. The fourth-order valence-corrected chi connectivity index (χ4v) is 2.86. The molecular formula is C16H21NS. The average molecular weight is 259 g/mol. The van der Waals surface area contributed by atoms with Crippen LogP contribution in [0.1, 0.15) is 12.0 Å². The van der Waals surface area contributed by atoms with E-state index in [1.807, 2.05) is 11.8 Å². The molecule has 1 unspecified atom stereocenters. The Labute approximate surface area is 114 Å². The van der Waals surface area contributed by atoms with Crippen LogP contribution in [-0.4, -0.2) is 25.1 Å². The highest BCUT2D eigenvalue weighted by atomic mass is 32.2. The summed E-state index contributed by atoms with van der Waals surface area (Å²) in [5.41, 5.74) is 1.45. The van der Waals surface area contributed by atoms with Gasteiger partial charge in [-0.15, -0.1) is 0 Å². The standard InChI is InChI=1S/C16H21NS/c1-17-15(10-11-18-2)12-14-8-5-7-13-6-3-4-9-16(13)14/h3-9,15,17H,10-12H2,1-2H3. The third kappa shape index (κ3) is 3.27. The van der Waals surface area contributed by atoms with Crippen LogP contribution in [0.25, 0.3) is 10.8 Å². The molecule has 96 valence electrons. The van der Waals surface area contributed by atoms with Gasteiger partial charge in [0, 0.05) is 6.04 Å². The van der Waals surface area contributed by atoms with Crippen LogP contribution in [0.3, 0.4) is 0 Å². The minimum atomic E-state index is 0.572. The van der Waals surface area contributed by atoms with Gasteiger partial charge in [-0.25, -0.2) is 0 Å². The van der Waals surface area contributed by atoms with Crippen LogP contribution < -0.4 is 5.32 Å². The molecule has 0 aliphatic heterocycles. The van der Waals surface area contributed by atoms with Gasteiger partial charge in [0.05, 0.1) is 0 Å². The molecule has 0 aliphatic rings. The van der Waals surface area contributed by atoms with E-state index in [1.54, 1.807) is 0 Å². The summed E-state index contributed by atoms with van der Waals surface area (Å²) in [4.78, 5) is 0. The van der Waals surface area contributed by atoms with E-state index in [0.29, 0.717) is 6.04 Å². The summed E-state index contributed by atoms with van der Waals surface area (Å²) in [5, 5.41) is 6.17. The minimum absolute atomic E-state index is 0.572. The predicted octanol–water partition coefficient (Wildman–Crippen LogP) is 3.72. The predicted molar refractivity (Wildman–Crippen MR) is 83.5 cm³/mol. The summed E-state index contributed by atoms with van der Waals surface area (Å²) < 4.78 is 0. The molecule has 1 nitrogen and oxygen atoms in total. The van der Waals surface area contributed by atoms with Crippen molar-refractivity contribution in [2.45, 2.75) is 18.9 Å². The second-order valence-electron chi connectivity index (χ2n) is 4.61. The molecule has 0 radical (unpaired) electrons. The molecular weight excluding hydrogens is 238 g/mol. The lowest BCUT2D eigenvalue weighted by Gasteiger charge is -2.17. The maximum atomic E-state index is 3.44. The van der Waals surface area contributed by atoms with E-state index < -0.39 is 0 Å². The molecule has 2 aromatic carbocycles. The smallest absolute Gasteiger partial charge is 0.0112 e. The molecule has 0 aliphatic carbocycles. The van der Waals surface area contributed by atoms with Crippen molar-refractivity contribution in [2.75, 3.05) is 19.1 Å². The van der Waals surface area contributed by atoms with Crippen molar-refractivity contribution < 1.29 is 0 Å². The second kappa shape index (κ2) is 6.81. The van der Waals surface area contributed by atoms with Gasteiger partial charge in [-0.3, -0.25) is 0 Å². The van der Waals surface area contributed by atoms with Crippen molar-refractivity contribution in [3.8, 4) is 0 Å². The van der Waals surface area contributed by atoms with Crippen molar-refractivity contribution in [1.29, 1.82) is 0 Å². The molecule has 0 heterocycles. The zero-order valence-electron chi connectivity index (χ0n) is 11.1. The fraction of sp³-hybridized carbons (Fsp3) is 0.375. The zero-order valence-corrected chi connectivity index (χ0v) is 12.0. The lowest BCUT2D eigenvalue weighted by molar-refractivity contribution is 0.549. The van der Waals surface area contributed by atoms with Crippen LogP contribution in [-0.2, 0) is 6.42 Å². The Hall–Kier alpha value is -0.990. The molecule has 2 aromatic rings. The van der Waals surface area contributed by atoms with Crippen LogP contribution in [0.15, 0.2) is 42.5 Å². The molecule has 0 saturated heterocycles. The summed E-state index contributed by atoms with van der Waals surface area (Å²) in [5.74, 6) is 1.22. The van der Waals surface area contributed by atoms with Crippen LogP contribution in [0.5, 0.6) is 0 Å². The van der Waals surface area contributed by atoms with E-state index >= 15 is 0 Å². The lowest BCUT2D eigenvalue weighted by atomic mass is 9.98. The van der Waals surface area contributed by atoms with Crippen LogP contribution >= 0.6 is 11.8 Å². The highest BCUT2D eigenvalue weighted by Crippen LogP contribution is 2.20. The Morgan fingerprint density at radius 2 is 1.89 bits per heavy atom. The van der Waals surface area contributed by atoms with Gasteiger partial charge < -0.3 is 5.32 Å². The highest BCUT2D eigenvalue weighted by molar-refractivity contribution is 7.98. The summed E-state index contributed by atoms with van der Waals surface area (Å²) >= 11 is 1.92. The van der Waals surface area contributed by atoms with Gasteiger partial charge in [-0.2, -0.15) is 11.8 Å². The quantitative estimate of drug-likeness (QED) is 0.848. The average Bonchev–Trinajstić information content (AvgIpc) is 2.43. The SMILES string of the molecule is CNC(CCSC)Cc1cccc2ccccc12. The van der Waals surface area contributed by atoms with E-state index in [-0.39, 0.29) is 0 Å². The molecule has 0 bridgehead atoms. The van der Waals surface area contributed by atoms with Crippen molar-refractivity contribution in [3.05, 3.63) is 48.0 Å². The molecule has 0 saturated carbocycles. The Morgan fingerprint density at radius 3 is 2.67 bits per heavy atom. The largest absolute Gasteiger partial charge is 0.317 e. The van der Waals surface area contributed by atoms with E-state index in [9.17, 15) is 0 Å². The van der Waals surface area contributed by atoms with Gasteiger partial charge in [0.15, 0.2) is 0 Å². The molecule has 2 heteroatoms. The van der Waals surface area contributed by atoms with Crippen LogP contribution in [0.4, 0.5) is 0 Å². The minimum Gasteiger partial charge on any atom is -0.317 e. The molecule has 1 N–H and O–H groups in total. The maximum Gasteiger partial charge on any atom is 0.0112 e. The first-order valence-electron chi connectivity index (χ1n) is 6.48. The maximum absolute atomic E-state index is 3.44. The van der Waals surface area contributed by atoms with E-state index in [0.717, 1.165) is 6.42 Å². The number of likely N-dealkylation sites (N-methyl/N-ethyl adjacent to an activating group) is 1. The molecule has 0 aromatic heterocycles. The number of rotatable bonds is 6. The van der Waals surface area contributed by atoms with Crippen molar-refractivity contribution in [2.24, 2.45) is 0 Å². The first kappa shape index (κ1) is 13.4. The molecule has 0 amide bonds. The fourth-order valence-electron chi connectivity index (χ4n) is 2.34. The molecule has 0 spiro atoms. The Balaban J connectivity index is 2.19. The second-order valence-corrected chi connectivity index (χ2v) is 5.60. The summed E-state index contributed by atoms with van der Waals surface area (Å²) in [6, 6.07) is 15.8. The Kier molecular flexibility index (Phi) is 5.09. The van der Waals surface area contributed by atoms with E-state index in [4.69, 9.17) is 0 Å². The Bertz CT molecular complexity index is 490. The van der Waals surface area contributed by atoms with E-state index in [2.05, 4.69) is 61.1 Å². The third-order valence-corrected chi connectivity index (χ3v) is 4.07. The van der Waals surface area contributed by atoms with Gasteiger partial charge in [0.2, 0.25) is 0 Å². The third-order valence-electron chi connectivity index (χ3n) is 3.42. The Morgan fingerprint density at radius 1 is 1.11 bits per heavy atom. The number of fused-ring (bicyclic) bond motifs is 1. The normalized spacial score (nSPS) is 12.8. The van der Waals surface area contributed by atoms with Crippen molar-refractivity contribution in [3.63, 3.8) is 0 Å². The van der Waals surface area contributed by atoms with Gasteiger partial charge >= 0.3 is 0 Å². The number of hydrogen-bond donors (Lipinski definition) is 1. The monoisotopic (exact) mass is 259 g/mol. The van der Waals surface area contributed by atoms with Crippen LogP contribution in [0, 0.1) is 0 Å². The molecule has 1 atom stereocenters. The number of thioether (sulfide) groups is 1. The summed E-state index contributed by atoms with van der Waals surface area (Å²) in [7, 11) is 2.07. The van der Waals surface area contributed by atoms with Gasteiger partial charge in [-0.1, -0.05) is 42.5 Å². The molecule has 2 rings (SSSR count). The number of nitrogens with one attached hydrogen (secondary N) is 1. The summed E-state index contributed by atoms with van der Waals surface area (Å²) in [6.45, 7) is 0. The molecule has 0 fully saturated rings. The lowest BCUT2D eigenvalue weighted by Crippen LogP contribution is -2.28. The number of hydrogen-bond acceptors (Lipinski definition) is 2.